The lowest BCUT2D eigenvalue weighted by molar-refractivity contribution is 0.0780. The largest absolute Gasteiger partial charge is 0.378 e. The van der Waals surface area contributed by atoms with Crippen LogP contribution in [-0.2, 0) is 18.4 Å². The van der Waals surface area contributed by atoms with Crippen molar-refractivity contribution in [2.45, 2.75) is 26.0 Å². The molecule has 8 heteroatoms. The molecule has 0 spiro atoms. The van der Waals surface area contributed by atoms with Gasteiger partial charge in [0.1, 0.15) is 5.69 Å². The summed E-state index contributed by atoms with van der Waals surface area (Å²) < 4.78 is 8.59. The lowest BCUT2D eigenvalue weighted by atomic mass is 10.3. The Morgan fingerprint density at radius 1 is 1.50 bits per heavy atom. The zero-order chi connectivity index (χ0) is 15.7. The van der Waals surface area contributed by atoms with Gasteiger partial charge in [0, 0.05) is 32.9 Å². The number of carbonyl (C=O) groups is 1. The lowest BCUT2D eigenvalue weighted by Crippen LogP contribution is -2.29. The van der Waals surface area contributed by atoms with Gasteiger partial charge in [-0.05, 0) is 19.4 Å². The summed E-state index contributed by atoms with van der Waals surface area (Å²) in [6, 6.07) is 1.98. The van der Waals surface area contributed by atoms with Gasteiger partial charge in [0.05, 0.1) is 18.8 Å². The molecule has 1 aliphatic rings. The number of carbonyl (C=O) groups excluding carboxylic acids is 1. The third-order valence-electron chi connectivity index (χ3n) is 4.01. The first kappa shape index (κ1) is 14.7. The Kier molecular flexibility index (Phi) is 3.93. The molecule has 1 aliphatic heterocycles. The van der Waals surface area contributed by atoms with Gasteiger partial charge in [0.2, 0.25) is 0 Å². The normalized spacial score (nSPS) is 18.1. The SMILES string of the molecule is COCc1cn([C@H]2CCN(C(=O)c3cc(C)n(C)n3)C2)nn1. The van der Waals surface area contributed by atoms with Gasteiger partial charge in [-0.1, -0.05) is 5.21 Å². The van der Waals surface area contributed by atoms with Crippen LogP contribution in [0.3, 0.4) is 0 Å². The fraction of sp³-hybridized carbons (Fsp3) is 0.571. The fourth-order valence-corrected chi connectivity index (χ4v) is 2.68. The van der Waals surface area contributed by atoms with Gasteiger partial charge >= 0.3 is 0 Å². The van der Waals surface area contributed by atoms with E-state index < -0.39 is 0 Å². The molecule has 8 nitrogen and oxygen atoms in total. The van der Waals surface area contributed by atoms with Crippen molar-refractivity contribution in [2.75, 3.05) is 20.2 Å². The molecule has 3 rings (SSSR count). The van der Waals surface area contributed by atoms with E-state index in [4.69, 9.17) is 4.74 Å². The number of hydrogen-bond acceptors (Lipinski definition) is 5. The van der Waals surface area contributed by atoms with E-state index in [2.05, 4.69) is 15.4 Å². The van der Waals surface area contributed by atoms with Crippen LogP contribution in [0.2, 0.25) is 0 Å². The van der Waals surface area contributed by atoms with Gasteiger partial charge in [-0.2, -0.15) is 5.10 Å². The number of nitrogens with zero attached hydrogens (tertiary/aromatic N) is 6. The molecule has 0 radical (unpaired) electrons. The van der Waals surface area contributed by atoms with Crippen molar-refractivity contribution in [1.29, 1.82) is 0 Å². The summed E-state index contributed by atoms with van der Waals surface area (Å²) in [6.45, 7) is 3.72. The summed E-state index contributed by atoms with van der Waals surface area (Å²) in [7, 11) is 3.47. The maximum atomic E-state index is 12.5. The Balaban J connectivity index is 1.67. The van der Waals surface area contributed by atoms with Crippen LogP contribution in [-0.4, -0.2) is 55.8 Å². The molecule has 0 saturated carbocycles. The molecule has 22 heavy (non-hydrogen) atoms. The van der Waals surface area contributed by atoms with Gasteiger partial charge < -0.3 is 9.64 Å². The van der Waals surface area contributed by atoms with Crippen LogP contribution >= 0.6 is 0 Å². The molecule has 1 saturated heterocycles. The molecule has 118 valence electrons. The standard InChI is InChI=1S/C14H20N6O2/c1-10-6-13(16-18(10)2)14(21)19-5-4-12(8-19)20-7-11(9-22-3)15-17-20/h6-7,12H,4-5,8-9H2,1-3H3/t12-/m0/s1. The Morgan fingerprint density at radius 3 is 3.00 bits per heavy atom. The number of ether oxygens (including phenoxy) is 1. The number of aryl methyl sites for hydroxylation is 2. The second-order valence-corrected chi connectivity index (χ2v) is 5.61. The van der Waals surface area contributed by atoms with E-state index in [-0.39, 0.29) is 11.9 Å². The minimum Gasteiger partial charge on any atom is -0.378 e. The minimum atomic E-state index is -0.0246. The van der Waals surface area contributed by atoms with Crippen molar-refractivity contribution in [2.24, 2.45) is 7.05 Å². The summed E-state index contributed by atoms with van der Waals surface area (Å²) in [4.78, 5) is 14.3. The first-order chi connectivity index (χ1) is 10.6. The maximum absolute atomic E-state index is 12.5. The van der Waals surface area contributed by atoms with E-state index in [1.165, 1.54) is 0 Å². The zero-order valence-corrected chi connectivity index (χ0v) is 13.1. The predicted octanol–water partition coefficient (Wildman–Crippen LogP) is 0.554. The van der Waals surface area contributed by atoms with Crippen LogP contribution in [0, 0.1) is 6.92 Å². The van der Waals surface area contributed by atoms with E-state index in [0.717, 1.165) is 17.8 Å². The number of rotatable bonds is 4. The highest BCUT2D eigenvalue weighted by molar-refractivity contribution is 5.92. The van der Waals surface area contributed by atoms with Crippen molar-refractivity contribution < 1.29 is 9.53 Å². The number of aromatic nitrogens is 5. The van der Waals surface area contributed by atoms with Crippen molar-refractivity contribution >= 4 is 5.91 Å². The molecule has 0 aliphatic carbocycles. The molecule has 0 bridgehead atoms. The molecule has 1 atom stereocenters. The highest BCUT2D eigenvalue weighted by Crippen LogP contribution is 2.22. The predicted molar refractivity (Wildman–Crippen MR) is 78.2 cm³/mol. The molecule has 0 N–H and O–H groups in total. The Labute approximate surface area is 128 Å². The van der Waals surface area contributed by atoms with Gasteiger partial charge in [0.25, 0.3) is 5.91 Å². The average Bonchev–Trinajstić information content (AvgIpc) is 3.19. The summed E-state index contributed by atoms with van der Waals surface area (Å²) in [5.74, 6) is -0.0246. The maximum Gasteiger partial charge on any atom is 0.274 e. The number of likely N-dealkylation sites (tertiary alicyclic amines) is 1. The van der Waals surface area contributed by atoms with Crippen molar-refractivity contribution in [1.82, 2.24) is 29.7 Å². The average molecular weight is 304 g/mol. The van der Waals surface area contributed by atoms with Crippen LogP contribution in [0.4, 0.5) is 0 Å². The smallest absolute Gasteiger partial charge is 0.274 e. The fourth-order valence-electron chi connectivity index (χ4n) is 2.68. The van der Waals surface area contributed by atoms with E-state index in [9.17, 15) is 4.79 Å². The van der Waals surface area contributed by atoms with E-state index in [1.54, 1.807) is 11.8 Å². The summed E-state index contributed by atoms with van der Waals surface area (Å²) in [5, 5.41) is 12.4. The lowest BCUT2D eigenvalue weighted by Gasteiger charge is -2.14. The van der Waals surface area contributed by atoms with Crippen LogP contribution < -0.4 is 0 Å². The highest BCUT2D eigenvalue weighted by Gasteiger charge is 2.30. The van der Waals surface area contributed by atoms with Crippen LogP contribution in [0.1, 0.15) is 34.3 Å². The molecule has 1 fully saturated rings. The second kappa shape index (κ2) is 5.88. The topological polar surface area (TPSA) is 78.1 Å². The van der Waals surface area contributed by atoms with Gasteiger partial charge in [-0.15, -0.1) is 5.10 Å². The van der Waals surface area contributed by atoms with E-state index >= 15 is 0 Å². The number of methoxy groups -OCH3 is 1. The third kappa shape index (κ3) is 2.74. The third-order valence-corrected chi connectivity index (χ3v) is 4.01. The quantitative estimate of drug-likeness (QED) is 0.824. The Hall–Kier alpha value is -2.22. The minimum absolute atomic E-state index is 0.0246. The Morgan fingerprint density at radius 2 is 2.32 bits per heavy atom. The van der Waals surface area contributed by atoms with Crippen LogP contribution in [0.5, 0.6) is 0 Å². The molecule has 2 aromatic rings. The summed E-state index contributed by atoms with van der Waals surface area (Å²) >= 11 is 0. The monoisotopic (exact) mass is 304 g/mol. The number of amides is 1. The van der Waals surface area contributed by atoms with Crippen molar-refractivity contribution in [3.05, 3.63) is 29.3 Å². The van der Waals surface area contributed by atoms with E-state index in [1.807, 2.05) is 35.8 Å². The van der Waals surface area contributed by atoms with Gasteiger partial charge in [0.15, 0.2) is 5.69 Å². The number of hydrogen-bond donors (Lipinski definition) is 0. The van der Waals surface area contributed by atoms with Gasteiger partial charge in [-0.25, -0.2) is 4.68 Å². The first-order valence-corrected chi connectivity index (χ1v) is 7.28. The molecular formula is C14H20N6O2. The van der Waals surface area contributed by atoms with Crippen LogP contribution in [0.15, 0.2) is 12.3 Å². The molecule has 2 aromatic heterocycles. The van der Waals surface area contributed by atoms with E-state index in [0.29, 0.717) is 25.4 Å². The highest BCUT2D eigenvalue weighted by atomic mass is 16.5. The molecule has 3 heterocycles. The van der Waals surface area contributed by atoms with Gasteiger partial charge in [-0.3, -0.25) is 9.48 Å². The van der Waals surface area contributed by atoms with Crippen molar-refractivity contribution in [3.63, 3.8) is 0 Å². The molecule has 0 unspecified atom stereocenters. The summed E-state index contributed by atoms with van der Waals surface area (Å²) in [5.41, 5.74) is 2.27. The van der Waals surface area contributed by atoms with Crippen molar-refractivity contribution in [3.8, 4) is 0 Å². The van der Waals surface area contributed by atoms with Crippen LogP contribution in [0.25, 0.3) is 0 Å². The zero-order valence-electron chi connectivity index (χ0n) is 13.1. The summed E-state index contributed by atoms with van der Waals surface area (Å²) in [6.07, 6.45) is 2.75. The molecular weight excluding hydrogens is 284 g/mol. The molecule has 1 amide bonds. The first-order valence-electron chi connectivity index (χ1n) is 7.28. The Bertz CT molecular complexity index is 657. The molecule has 0 aromatic carbocycles. The second-order valence-electron chi connectivity index (χ2n) is 5.61.